The minimum absolute atomic E-state index is 0.202. The van der Waals surface area contributed by atoms with Crippen LogP contribution in [0.2, 0.25) is 20.1 Å². The SMILES string of the molecule is COC(=O)c1cc(Cl)c(OCc2ccc(Cl)c(Cl)c2)c(Cl)c1. The number of benzene rings is 2. The fraction of sp³-hybridized carbons (Fsp3) is 0.133. The first-order valence-electron chi connectivity index (χ1n) is 6.06. The lowest BCUT2D eigenvalue weighted by Crippen LogP contribution is -2.03. The number of carbonyl (C=O) groups excluding carboxylic acids is 1. The molecule has 0 fully saturated rings. The Balaban J connectivity index is 2.19. The molecule has 0 aliphatic rings. The van der Waals surface area contributed by atoms with Gasteiger partial charge in [-0.1, -0.05) is 52.5 Å². The van der Waals surface area contributed by atoms with Gasteiger partial charge in [0.1, 0.15) is 6.61 Å². The number of esters is 1. The Bertz CT molecular complexity index is 693. The summed E-state index contributed by atoms with van der Waals surface area (Å²) >= 11 is 24.0. The third kappa shape index (κ3) is 3.99. The van der Waals surface area contributed by atoms with Crippen LogP contribution in [0.5, 0.6) is 5.75 Å². The first-order valence-corrected chi connectivity index (χ1v) is 7.57. The lowest BCUT2D eigenvalue weighted by Gasteiger charge is -2.11. The zero-order valence-electron chi connectivity index (χ0n) is 11.3. The number of rotatable bonds is 4. The molecule has 116 valence electrons. The molecule has 0 atom stereocenters. The molecule has 0 heterocycles. The van der Waals surface area contributed by atoms with Crippen LogP contribution in [-0.4, -0.2) is 13.1 Å². The van der Waals surface area contributed by atoms with Crippen LogP contribution in [-0.2, 0) is 11.3 Å². The quantitative estimate of drug-likeness (QED) is 0.642. The van der Waals surface area contributed by atoms with Crippen LogP contribution in [0.1, 0.15) is 15.9 Å². The van der Waals surface area contributed by atoms with Gasteiger partial charge >= 0.3 is 5.97 Å². The molecule has 0 saturated heterocycles. The molecular formula is C15H10Cl4O3. The van der Waals surface area contributed by atoms with E-state index >= 15 is 0 Å². The standard InChI is InChI=1S/C15H10Cl4O3/c1-21-15(20)9-5-12(18)14(13(19)6-9)22-7-8-2-3-10(16)11(17)4-8/h2-6H,7H2,1H3. The molecule has 7 heteroatoms. The average Bonchev–Trinajstić information content (AvgIpc) is 2.48. The lowest BCUT2D eigenvalue weighted by atomic mass is 10.2. The molecular weight excluding hydrogens is 370 g/mol. The van der Waals surface area contributed by atoms with Crippen molar-refractivity contribution in [1.29, 1.82) is 0 Å². The maximum atomic E-state index is 11.5. The van der Waals surface area contributed by atoms with Crippen molar-refractivity contribution in [3.05, 3.63) is 61.5 Å². The summed E-state index contributed by atoms with van der Waals surface area (Å²) in [7, 11) is 1.28. The Hall–Kier alpha value is -1.13. The lowest BCUT2D eigenvalue weighted by molar-refractivity contribution is 0.0600. The van der Waals surface area contributed by atoms with Crippen LogP contribution < -0.4 is 4.74 Å². The summed E-state index contributed by atoms with van der Waals surface area (Å²) < 4.78 is 10.2. The van der Waals surface area contributed by atoms with Gasteiger partial charge in [-0.2, -0.15) is 0 Å². The highest BCUT2D eigenvalue weighted by Crippen LogP contribution is 2.35. The van der Waals surface area contributed by atoms with Gasteiger partial charge in [0, 0.05) is 0 Å². The van der Waals surface area contributed by atoms with Gasteiger partial charge in [0.05, 0.1) is 32.8 Å². The van der Waals surface area contributed by atoms with Crippen LogP contribution in [0.4, 0.5) is 0 Å². The number of hydrogen-bond donors (Lipinski definition) is 0. The van der Waals surface area contributed by atoms with Crippen molar-refractivity contribution in [1.82, 2.24) is 0 Å². The van der Waals surface area contributed by atoms with Crippen molar-refractivity contribution in [3.63, 3.8) is 0 Å². The highest BCUT2D eigenvalue weighted by molar-refractivity contribution is 6.42. The van der Waals surface area contributed by atoms with Crippen LogP contribution in [0, 0.1) is 0 Å². The topological polar surface area (TPSA) is 35.5 Å². The van der Waals surface area contributed by atoms with Crippen molar-refractivity contribution in [2.45, 2.75) is 6.61 Å². The van der Waals surface area contributed by atoms with E-state index in [2.05, 4.69) is 4.74 Å². The van der Waals surface area contributed by atoms with Gasteiger partial charge in [0.25, 0.3) is 0 Å². The van der Waals surface area contributed by atoms with Gasteiger partial charge < -0.3 is 9.47 Å². The molecule has 3 nitrogen and oxygen atoms in total. The summed E-state index contributed by atoms with van der Waals surface area (Å²) in [5, 5.41) is 1.32. The Morgan fingerprint density at radius 1 is 0.955 bits per heavy atom. The van der Waals surface area contributed by atoms with E-state index in [9.17, 15) is 4.79 Å². The highest BCUT2D eigenvalue weighted by atomic mass is 35.5. The first-order chi connectivity index (χ1) is 10.4. The fourth-order valence-electron chi connectivity index (χ4n) is 1.72. The zero-order chi connectivity index (χ0) is 16.3. The van der Waals surface area contributed by atoms with E-state index in [1.165, 1.54) is 19.2 Å². The number of methoxy groups -OCH3 is 1. The number of hydrogen-bond acceptors (Lipinski definition) is 3. The molecule has 0 unspecified atom stereocenters. The Kier molecular flexibility index (Phi) is 5.81. The van der Waals surface area contributed by atoms with Gasteiger partial charge in [0.2, 0.25) is 0 Å². The minimum Gasteiger partial charge on any atom is -0.486 e. The molecule has 0 saturated carbocycles. The molecule has 0 N–H and O–H groups in total. The van der Waals surface area contributed by atoms with E-state index in [-0.39, 0.29) is 28.0 Å². The molecule has 2 aromatic carbocycles. The summed E-state index contributed by atoms with van der Waals surface area (Å²) in [4.78, 5) is 11.5. The zero-order valence-corrected chi connectivity index (χ0v) is 14.4. The van der Waals surface area contributed by atoms with Gasteiger partial charge in [-0.3, -0.25) is 0 Å². The molecule has 0 aliphatic carbocycles. The largest absolute Gasteiger partial charge is 0.486 e. The summed E-state index contributed by atoms with van der Waals surface area (Å²) in [5.74, 6) is -0.248. The molecule has 0 radical (unpaired) electrons. The average molecular weight is 380 g/mol. The van der Waals surface area contributed by atoms with Crippen molar-refractivity contribution in [2.24, 2.45) is 0 Å². The van der Waals surface area contributed by atoms with E-state index < -0.39 is 5.97 Å². The molecule has 2 rings (SSSR count). The number of carbonyl (C=O) groups is 1. The van der Waals surface area contributed by atoms with Gasteiger partial charge in [-0.05, 0) is 29.8 Å². The van der Waals surface area contributed by atoms with Crippen LogP contribution in [0.25, 0.3) is 0 Å². The summed E-state index contributed by atoms with van der Waals surface area (Å²) in [6.45, 7) is 0.202. The third-order valence-corrected chi connectivity index (χ3v) is 4.09. The molecule has 0 spiro atoms. The monoisotopic (exact) mass is 378 g/mol. The van der Waals surface area contributed by atoms with Gasteiger partial charge in [0.15, 0.2) is 5.75 Å². The second kappa shape index (κ2) is 7.42. The maximum absolute atomic E-state index is 11.5. The normalized spacial score (nSPS) is 10.4. The number of halogens is 4. The summed E-state index contributed by atoms with van der Waals surface area (Å²) in [6.07, 6.45) is 0. The van der Waals surface area contributed by atoms with Crippen LogP contribution in [0.3, 0.4) is 0 Å². The highest BCUT2D eigenvalue weighted by Gasteiger charge is 2.14. The van der Waals surface area contributed by atoms with E-state index in [0.717, 1.165) is 5.56 Å². The predicted octanol–water partition coefficient (Wildman–Crippen LogP) is 5.67. The number of ether oxygens (including phenoxy) is 2. The summed E-state index contributed by atoms with van der Waals surface area (Å²) in [5.41, 5.74) is 1.05. The first kappa shape index (κ1) is 17.2. The third-order valence-electron chi connectivity index (χ3n) is 2.79. The molecule has 22 heavy (non-hydrogen) atoms. The van der Waals surface area contributed by atoms with E-state index in [4.69, 9.17) is 51.1 Å². The second-order valence-electron chi connectivity index (χ2n) is 4.30. The van der Waals surface area contributed by atoms with E-state index in [1.807, 2.05) is 0 Å². The van der Waals surface area contributed by atoms with E-state index in [0.29, 0.717) is 10.0 Å². The minimum atomic E-state index is -0.528. The Morgan fingerprint density at radius 2 is 1.59 bits per heavy atom. The molecule has 0 amide bonds. The van der Waals surface area contributed by atoms with E-state index in [1.54, 1.807) is 18.2 Å². The van der Waals surface area contributed by atoms with Crippen molar-refractivity contribution < 1.29 is 14.3 Å². The fourth-order valence-corrected chi connectivity index (χ4v) is 2.64. The maximum Gasteiger partial charge on any atom is 0.337 e. The van der Waals surface area contributed by atoms with Crippen molar-refractivity contribution in [2.75, 3.05) is 7.11 Å². The van der Waals surface area contributed by atoms with Crippen LogP contribution in [0.15, 0.2) is 30.3 Å². The van der Waals surface area contributed by atoms with Gasteiger partial charge in [-0.15, -0.1) is 0 Å². The van der Waals surface area contributed by atoms with Crippen molar-refractivity contribution >= 4 is 52.4 Å². The summed E-state index contributed by atoms with van der Waals surface area (Å²) in [6, 6.07) is 8.01. The van der Waals surface area contributed by atoms with Gasteiger partial charge in [-0.25, -0.2) is 4.79 Å². The Labute approximate surface area is 147 Å². The molecule has 2 aromatic rings. The molecule has 0 aromatic heterocycles. The van der Waals surface area contributed by atoms with Crippen molar-refractivity contribution in [3.8, 4) is 5.75 Å². The molecule has 0 bridgehead atoms. The predicted molar refractivity (Wildman–Crippen MR) is 88.6 cm³/mol. The Morgan fingerprint density at radius 3 is 2.14 bits per heavy atom. The molecule has 0 aliphatic heterocycles. The smallest absolute Gasteiger partial charge is 0.337 e. The van der Waals surface area contributed by atoms with Crippen LogP contribution >= 0.6 is 46.4 Å². The second-order valence-corrected chi connectivity index (χ2v) is 5.93.